The van der Waals surface area contributed by atoms with Crippen LogP contribution in [0.2, 0.25) is 0 Å². The van der Waals surface area contributed by atoms with Gasteiger partial charge in [-0.05, 0) is 59.2 Å². The lowest BCUT2D eigenvalue weighted by molar-refractivity contribution is 0.669. The molecular formula is C41H26N2O. The van der Waals surface area contributed by atoms with Gasteiger partial charge in [-0.1, -0.05) is 109 Å². The molecule has 0 saturated carbocycles. The van der Waals surface area contributed by atoms with Crippen LogP contribution in [0.4, 0.5) is 0 Å². The number of benzene rings is 6. The zero-order valence-electron chi connectivity index (χ0n) is 23.8. The third-order valence-corrected chi connectivity index (χ3v) is 8.64. The summed E-state index contributed by atoms with van der Waals surface area (Å²) in [6.45, 7) is 0. The maximum absolute atomic E-state index is 6.10. The summed E-state index contributed by atoms with van der Waals surface area (Å²) in [6, 6.07) is 53.4. The molecule has 0 atom stereocenters. The van der Waals surface area contributed by atoms with E-state index in [2.05, 4.69) is 144 Å². The second kappa shape index (κ2) is 9.82. The van der Waals surface area contributed by atoms with Crippen molar-refractivity contribution in [3.05, 3.63) is 158 Å². The van der Waals surface area contributed by atoms with Crippen LogP contribution in [0.25, 0.3) is 82.9 Å². The number of furan rings is 1. The largest absolute Gasteiger partial charge is 0.456 e. The fraction of sp³-hybridized carbons (Fsp3) is 0. The highest BCUT2D eigenvalue weighted by Crippen LogP contribution is 2.40. The molecule has 0 radical (unpaired) electrons. The first-order valence-corrected chi connectivity index (χ1v) is 14.9. The first kappa shape index (κ1) is 24.6. The third kappa shape index (κ3) is 3.87. The Kier molecular flexibility index (Phi) is 5.50. The number of fused-ring (bicyclic) bond motifs is 6. The highest BCUT2D eigenvalue weighted by Gasteiger charge is 2.18. The number of pyridine rings is 1. The van der Waals surface area contributed by atoms with E-state index in [9.17, 15) is 0 Å². The molecule has 3 aromatic heterocycles. The zero-order valence-corrected chi connectivity index (χ0v) is 23.8. The van der Waals surface area contributed by atoms with Crippen molar-refractivity contribution < 1.29 is 4.42 Å². The van der Waals surface area contributed by atoms with Gasteiger partial charge in [0, 0.05) is 38.4 Å². The molecule has 6 aromatic carbocycles. The molecule has 0 fully saturated rings. The monoisotopic (exact) mass is 562 g/mol. The Balaban J connectivity index is 1.31. The van der Waals surface area contributed by atoms with E-state index in [4.69, 9.17) is 9.40 Å². The molecule has 0 bridgehead atoms. The summed E-state index contributed by atoms with van der Waals surface area (Å²) in [5, 5.41) is 4.59. The summed E-state index contributed by atoms with van der Waals surface area (Å²) in [5.74, 6) is 0. The summed E-state index contributed by atoms with van der Waals surface area (Å²) in [6.07, 6.45) is 2.03. The van der Waals surface area contributed by atoms with Gasteiger partial charge in [-0.25, -0.2) is 0 Å². The minimum absolute atomic E-state index is 0.887. The summed E-state index contributed by atoms with van der Waals surface area (Å²) in [5.41, 5.74) is 11.9. The van der Waals surface area contributed by atoms with Crippen LogP contribution in [0.5, 0.6) is 0 Å². The van der Waals surface area contributed by atoms with E-state index in [1.165, 1.54) is 38.5 Å². The number of hydrogen-bond acceptors (Lipinski definition) is 2. The van der Waals surface area contributed by atoms with Gasteiger partial charge in [0.2, 0.25) is 0 Å². The number of para-hydroxylation sites is 2. The average Bonchev–Trinajstić information content (AvgIpc) is 3.64. The fourth-order valence-electron chi connectivity index (χ4n) is 6.58. The Bertz CT molecular complexity index is 2490. The topological polar surface area (TPSA) is 31.0 Å². The predicted molar refractivity (Wildman–Crippen MR) is 182 cm³/mol. The molecule has 0 N–H and O–H groups in total. The van der Waals surface area contributed by atoms with Crippen LogP contribution in [-0.2, 0) is 0 Å². The van der Waals surface area contributed by atoms with Crippen LogP contribution in [0.3, 0.4) is 0 Å². The molecule has 3 heterocycles. The van der Waals surface area contributed by atoms with Gasteiger partial charge in [-0.15, -0.1) is 0 Å². The minimum Gasteiger partial charge on any atom is -0.456 e. The predicted octanol–water partition coefficient (Wildman–Crippen LogP) is 11.1. The van der Waals surface area contributed by atoms with Gasteiger partial charge in [0.05, 0.1) is 22.9 Å². The highest BCUT2D eigenvalue weighted by atomic mass is 16.3. The Hall–Kier alpha value is -5.93. The van der Waals surface area contributed by atoms with Crippen molar-refractivity contribution in [1.82, 2.24) is 9.55 Å². The maximum atomic E-state index is 6.10. The van der Waals surface area contributed by atoms with E-state index in [-0.39, 0.29) is 0 Å². The quantitative estimate of drug-likeness (QED) is 0.214. The van der Waals surface area contributed by atoms with Crippen molar-refractivity contribution in [1.29, 1.82) is 0 Å². The van der Waals surface area contributed by atoms with Gasteiger partial charge >= 0.3 is 0 Å². The molecule has 0 aliphatic carbocycles. The molecule has 44 heavy (non-hydrogen) atoms. The molecule has 9 aromatic rings. The van der Waals surface area contributed by atoms with Crippen molar-refractivity contribution in [3.63, 3.8) is 0 Å². The molecule has 9 rings (SSSR count). The lowest BCUT2D eigenvalue weighted by Crippen LogP contribution is -1.96. The van der Waals surface area contributed by atoms with Crippen LogP contribution in [0, 0.1) is 0 Å². The molecule has 206 valence electrons. The zero-order chi connectivity index (χ0) is 29.0. The Morgan fingerprint density at radius 3 is 2.02 bits per heavy atom. The lowest BCUT2D eigenvalue weighted by Gasteiger charge is -2.13. The smallest absolute Gasteiger partial charge is 0.135 e. The SMILES string of the molecule is c1ccc(-c2cccc(-n3c4cnc(-c5ccc6oc7ccccc7c6c5)cc4c4cccc(-c5ccccc5)c43)c2)cc1. The Morgan fingerprint density at radius 1 is 0.455 bits per heavy atom. The van der Waals surface area contributed by atoms with Gasteiger partial charge in [-0.3, -0.25) is 4.98 Å². The molecule has 0 aliphatic rings. The molecule has 3 nitrogen and oxygen atoms in total. The highest BCUT2D eigenvalue weighted by molar-refractivity contribution is 6.14. The van der Waals surface area contributed by atoms with E-state index in [0.717, 1.165) is 44.4 Å². The number of rotatable bonds is 4. The molecule has 3 heteroatoms. The standard InChI is InChI=1S/C41H26N2O/c1-3-11-27(12-4-1)29-15-9-16-31(23-29)43-38-26-42-37(30-21-22-40-36(24-30)33-17-7-8-20-39(33)44-40)25-35(38)34-19-10-18-32(41(34)43)28-13-5-2-6-14-28/h1-26H. The molecule has 0 amide bonds. The average molecular weight is 563 g/mol. The van der Waals surface area contributed by atoms with Crippen LogP contribution in [0.1, 0.15) is 0 Å². The maximum Gasteiger partial charge on any atom is 0.135 e. The van der Waals surface area contributed by atoms with Crippen LogP contribution in [0.15, 0.2) is 162 Å². The van der Waals surface area contributed by atoms with Crippen molar-refractivity contribution in [2.45, 2.75) is 0 Å². The van der Waals surface area contributed by atoms with Gasteiger partial charge in [0.1, 0.15) is 11.2 Å². The van der Waals surface area contributed by atoms with Crippen LogP contribution >= 0.6 is 0 Å². The molecule has 0 unspecified atom stereocenters. The first-order valence-electron chi connectivity index (χ1n) is 14.9. The van der Waals surface area contributed by atoms with Crippen LogP contribution in [-0.4, -0.2) is 9.55 Å². The van der Waals surface area contributed by atoms with E-state index in [1.54, 1.807) is 0 Å². The second-order valence-corrected chi connectivity index (χ2v) is 11.2. The number of hydrogen-bond donors (Lipinski definition) is 0. The third-order valence-electron chi connectivity index (χ3n) is 8.64. The van der Waals surface area contributed by atoms with Crippen molar-refractivity contribution in [2.24, 2.45) is 0 Å². The summed E-state index contributed by atoms with van der Waals surface area (Å²) >= 11 is 0. The van der Waals surface area contributed by atoms with Crippen LogP contribution < -0.4 is 0 Å². The van der Waals surface area contributed by atoms with E-state index >= 15 is 0 Å². The first-order chi connectivity index (χ1) is 21.8. The van der Waals surface area contributed by atoms with Gasteiger partial charge in [0.25, 0.3) is 0 Å². The van der Waals surface area contributed by atoms with Crippen molar-refractivity contribution in [2.75, 3.05) is 0 Å². The van der Waals surface area contributed by atoms with Gasteiger partial charge in [0.15, 0.2) is 0 Å². The molecule has 0 spiro atoms. The number of nitrogens with zero attached hydrogens (tertiary/aromatic N) is 2. The van der Waals surface area contributed by atoms with Gasteiger partial charge < -0.3 is 8.98 Å². The lowest BCUT2D eigenvalue weighted by atomic mass is 10.0. The Morgan fingerprint density at radius 2 is 1.16 bits per heavy atom. The minimum atomic E-state index is 0.887. The molecule has 0 saturated heterocycles. The van der Waals surface area contributed by atoms with Crippen molar-refractivity contribution in [3.8, 4) is 39.2 Å². The molecule has 0 aliphatic heterocycles. The van der Waals surface area contributed by atoms with E-state index < -0.39 is 0 Å². The second-order valence-electron chi connectivity index (χ2n) is 11.2. The Labute approximate surface area is 254 Å². The molecular weight excluding hydrogens is 536 g/mol. The van der Waals surface area contributed by atoms with E-state index in [0.29, 0.717) is 0 Å². The van der Waals surface area contributed by atoms with E-state index in [1.807, 2.05) is 18.3 Å². The summed E-state index contributed by atoms with van der Waals surface area (Å²) < 4.78 is 8.47. The number of aromatic nitrogens is 2. The summed E-state index contributed by atoms with van der Waals surface area (Å²) in [4.78, 5) is 5.06. The normalized spacial score (nSPS) is 11.6. The summed E-state index contributed by atoms with van der Waals surface area (Å²) in [7, 11) is 0. The fourth-order valence-corrected chi connectivity index (χ4v) is 6.58. The van der Waals surface area contributed by atoms with Gasteiger partial charge in [-0.2, -0.15) is 0 Å². The van der Waals surface area contributed by atoms with Crippen molar-refractivity contribution >= 4 is 43.7 Å².